The molecule has 0 saturated carbocycles. The largest absolute Gasteiger partial charge is 0.485 e. The molecule has 4 heteroatoms. The number of alkyl halides is 1. The lowest BCUT2D eigenvalue weighted by molar-refractivity contribution is 0.175. The van der Waals surface area contributed by atoms with Gasteiger partial charge in [0.1, 0.15) is 12.8 Å². The number of benzene rings is 1. The Morgan fingerprint density at radius 3 is 2.85 bits per heavy atom. The minimum atomic E-state index is -0.633. The molecule has 1 aromatic rings. The Labute approximate surface area is 83.8 Å². The second kappa shape index (κ2) is 4.56. The van der Waals surface area contributed by atoms with Crippen LogP contribution in [-0.2, 0) is 0 Å². The van der Waals surface area contributed by atoms with Crippen molar-refractivity contribution in [3.8, 4) is 5.75 Å². The van der Waals surface area contributed by atoms with Gasteiger partial charge in [-0.15, -0.1) is 0 Å². The van der Waals surface area contributed by atoms with Crippen LogP contribution in [-0.4, -0.2) is 12.8 Å². The fourth-order valence-corrected chi connectivity index (χ4v) is 1.16. The van der Waals surface area contributed by atoms with Crippen LogP contribution < -0.4 is 4.74 Å². The summed E-state index contributed by atoms with van der Waals surface area (Å²) in [5.74, 6) is -0.414. The minimum absolute atomic E-state index is 0.0690. The van der Waals surface area contributed by atoms with Gasteiger partial charge in [-0.05, 0) is 25.1 Å². The van der Waals surface area contributed by atoms with E-state index >= 15 is 0 Å². The molecule has 0 aliphatic carbocycles. The Morgan fingerprint density at radius 1 is 1.54 bits per heavy atom. The van der Waals surface area contributed by atoms with Gasteiger partial charge in [-0.25, -0.2) is 8.78 Å². The summed E-state index contributed by atoms with van der Waals surface area (Å²) >= 11 is 3.17. The van der Waals surface area contributed by atoms with Gasteiger partial charge in [-0.3, -0.25) is 0 Å². The lowest BCUT2D eigenvalue weighted by Crippen LogP contribution is -2.14. The van der Waals surface area contributed by atoms with Gasteiger partial charge in [0, 0.05) is 4.47 Å². The van der Waals surface area contributed by atoms with Crippen LogP contribution >= 0.6 is 15.9 Å². The first-order chi connectivity index (χ1) is 6.13. The predicted octanol–water partition coefficient (Wildman–Crippen LogP) is 3.33. The Hall–Kier alpha value is -0.640. The molecular formula is C9H9BrF2O. The van der Waals surface area contributed by atoms with Crippen LogP contribution in [0.5, 0.6) is 5.75 Å². The average molecular weight is 251 g/mol. The maximum Gasteiger partial charge on any atom is 0.165 e. The molecule has 0 saturated heterocycles. The summed E-state index contributed by atoms with van der Waals surface area (Å²) in [6.07, 6.45) is -0.621. The molecule has 0 heterocycles. The molecule has 0 aliphatic heterocycles. The van der Waals surface area contributed by atoms with Crippen LogP contribution in [0, 0.1) is 5.82 Å². The normalized spacial score (nSPS) is 12.6. The van der Waals surface area contributed by atoms with Crippen molar-refractivity contribution in [2.45, 2.75) is 13.0 Å². The first kappa shape index (κ1) is 10.4. The van der Waals surface area contributed by atoms with Gasteiger partial charge in [0.15, 0.2) is 11.6 Å². The van der Waals surface area contributed by atoms with E-state index in [1.165, 1.54) is 12.1 Å². The summed E-state index contributed by atoms with van der Waals surface area (Å²) in [7, 11) is 0. The first-order valence-corrected chi connectivity index (χ1v) is 4.60. The average Bonchev–Trinajstić information content (AvgIpc) is 2.11. The third kappa shape index (κ3) is 2.95. The zero-order valence-electron chi connectivity index (χ0n) is 7.06. The zero-order valence-corrected chi connectivity index (χ0v) is 8.64. The topological polar surface area (TPSA) is 9.23 Å². The highest BCUT2D eigenvalue weighted by Gasteiger charge is 2.08. The fraction of sp³-hybridized carbons (Fsp3) is 0.333. The van der Waals surface area contributed by atoms with Gasteiger partial charge in [0.2, 0.25) is 0 Å². The van der Waals surface area contributed by atoms with Crippen molar-refractivity contribution in [3.63, 3.8) is 0 Å². The molecule has 1 rings (SSSR count). The molecule has 0 radical (unpaired) electrons. The molecule has 1 nitrogen and oxygen atoms in total. The van der Waals surface area contributed by atoms with E-state index in [9.17, 15) is 8.78 Å². The smallest absolute Gasteiger partial charge is 0.165 e. The Balaban J connectivity index is 2.81. The standard InChI is InChI=1S/C9H9BrF2O/c1-6(5-11)13-9-4-7(10)2-3-8(9)12/h2-4,6H,5H2,1H3/t6-/m1/s1. The van der Waals surface area contributed by atoms with Crippen molar-refractivity contribution >= 4 is 15.9 Å². The van der Waals surface area contributed by atoms with Crippen molar-refractivity contribution in [1.29, 1.82) is 0 Å². The zero-order chi connectivity index (χ0) is 9.84. The van der Waals surface area contributed by atoms with Gasteiger partial charge in [-0.1, -0.05) is 15.9 Å². The SMILES string of the molecule is C[C@H](CF)Oc1cc(Br)ccc1F. The number of rotatable bonds is 3. The predicted molar refractivity (Wildman–Crippen MR) is 50.2 cm³/mol. The number of halogens is 3. The van der Waals surface area contributed by atoms with Crippen LogP contribution in [0.3, 0.4) is 0 Å². The molecule has 0 unspecified atom stereocenters. The van der Waals surface area contributed by atoms with Gasteiger partial charge in [0.05, 0.1) is 0 Å². The summed E-state index contributed by atoms with van der Waals surface area (Å²) in [6.45, 7) is 0.909. The summed E-state index contributed by atoms with van der Waals surface area (Å²) < 4.78 is 30.7. The van der Waals surface area contributed by atoms with Crippen LogP contribution in [0.25, 0.3) is 0 Å². The summed E-state index contributed by atoms with van der Waals surface area (Å²) in [6, 6.07) is 4.30. The van der Waals surface area contributed by atoms with E-state index in [0.717, 1.165) is 0 Å². The Morgan fingerprint density at radius 2 is 2.23 bits per heavy atom. The minimum Gasteiger partial charge on any atom is -0.485 e. The van der Waals surface area contributed by atoms with Crippen LogP contribution in [0.1, 0.15) is 6.92 Å². The van der Waals surface area contributed by atoms with E-state index < -0.39 is 18.6 Å². The van der Waals surface area contributed by atoms with Gasteiger partial charge in [0.25, 0.3) is 0 Å². The molecule has 72 valence electrons. The van der Waals surface area contributed by atoms with Crippen LogP contribution in [0.2, 0.25) is 0 Å². The van der Waals surface area contributed by atoms with E-state index in [2.05, 4.69) is 15.9 Å². The third-order valence-corrected chi connectivity index (χ3v) is 1.93. The third-order valence-electron chi connectivity index (χ3n) is 1.44. The van der Waals surface area contributed by atoms with E-state index in [4.69, 9.17) is 4.74 Å². The highest BCUT2D eigenvalue weighted by molar-refractivity contribution is 9.10. The molecule has 1 aromatic carbocycles. The maximum absolute atomic E-state index is 13.0. The quantitative estimate of drug-likeness (QED) is 0.800. The van der Waals surface area contributed by atoms with Crippen molar-refractivity contribution in [3.05, 3.63) is 28.5 Å². The van der Waals surface area contributed by atoms with Crippen molar-refractivity contribution in [2.24, 2.45) is 0 Å². The first-order valence-electron chi connectivity index (χ1n) is 3.81. The number of ether oxygens (including phenoxy) is 1. The summed E-state index contributed by atoms with van der Waals surface area (Å²) in [5.41, 5.74) is 0. The highest BCUT2D eigenvalue weighted by Crippen LogP contribution is 2.23. The molecule has 0 N–H and O–H groups in total. The monoisotopic (exact) mass is 250 g/mol. The molecule has 0 aliphatic rings. The molecular weight excluding hydrogens is 242 g/mol. The molecule has 0 bridgehead atoms. The number of hydrogen-bond acceptors (Lipinski definition) is 1. The second-order valence-corrected chi connectivity index (χ2v) is 3.57. The molecule has 13 heavy (non-hydrogen) atoms. The summed E-state index contributed by atoms with van der Waals surface area (Å²) in [4.78, 5) is 0. The fourth-order valence-electron chi connectivity index (χ4n) is 0.816. The van der Waals surface area contributed by atoms with Gasteiger partial charge >= 0.3 is 0 Å². The number of hydrogen-bond donors (Lipinski definition) is 0. The van der Waals surface area contributed by atoms with Crippen LogP contribution in [0.4, 0.5) is 8.78 Å². The van der Waals surface area contributed by atoms with Gasteiger partial charge in [-0.2, -0.15) is 0 Å². The Kier molecular flexibility index (Phi) is 3.66. The Bertz CT molecular complexity index is 291. The van der Waals surface area contributed by atoms with Crippen molar-refractivity contribution in [2.75, 3.05) is 6.67 Å². The molecule has 0 aromatic heterocycles. The maximum atomic E-state index is 13.0. The molecule has 0 spiro atoms. The van der Waals surface area contributed by atoms with E-state index in [1.54, 1.807) is 13.0 Å². The van der Waals surface area contributed by atoms with Gasteiger partial charge < -0.3 is 4.74 Å². The van der Waals surface area contributed by atoms with E-state index in [1.807, 2.05) is 0 Å². The second-order valence-electron chi connectivity index (χ2n) is 2.66. The highest BCUT2D eigenvalue weighted by atomic mass is 79.9. The van der Waals surface area contributed by atoms with Crippen molar-refractivity contribution < 1.29 is 13.5 Å². The lowest BCUT2D eigenvalue weighted by Gasteiger charge is -2.11. The lowest BCUT2D eigenvalue weighted by atomic mass is 10.3. The molecule has 0 amide bonds. The van der Waals surface area contributed by atoms with Crippen molar-refractivity contribution in [1.82, 2.24) is 0 Å². The molecule has 0 fully saturated rings. The van der Waals surface area contributed by atoms with E-state index in [0.29, 0.717) is 4.47 Å². The molecule has 1 atom stereocenters. The van der Waals surface area contributed by atoms with Crippen LogP contribution in [0.15, 0.2) is 22.7 Å². The van der Waals surface area contributed by atoms with E-state index in [-0.39, 0.29) is 5.75 Å². The summed E-state index contributed by atoms with van der Waals surface area (Å²) in [5, 5.41) is 0.